The Kier molecular flexibility index (Phi) is 2.56. The lowest BCUT2D eigenvalue weighted by molar-refractivity contribution is -0.385. The molecule has 9 heteroatoms. The fourth-order valence-corrected chi connectivity index (χ4v) is 1.97. The molecule has 100 valence electrons. The van der Waals surface area contributed by atoms with E-state index in [-0.39, 0.29) is 12.2 Å². The Bertz CT molecular complexity index is 614. The molecule has 1 aliphatic carbocycles. The summed E-state index contributed by atoms with van der Waals surface area (Å²) in [5, 5.41) is 18.2. The van der Waals surface area contributed by atoms with Crippen molar-refractivity contribution >= 4 is 5.69 Å². The monoisotopic (exact) mass is 264 g/mol. The Morgan fingerprint density at radius 3 is 2.95 bits per heavy atom. The summed E-state index contributed by atoms with van der Waals surface area (Å²) in [4.78, 5) is 14.2. The summed E-state index contributed by atoms with van der Waals surface area (Å²) in [6.45, 7) is 0.191. The van der Waals surface area contributed by atoms with Gasteiger partial charge in [0.1, 0.15) is 18.9 Å². The first kappa shape index (κ1) is 11.8. The molecule has 2 aromatic rings. The molecule has 0 unspecified atom stereocenters. The van der Waals surface area contributed by atoms with Crippen LogP contribution >= 0.6 is 0 Å². The molecule has 1 saturated carbocycles. The predicted octanol–water partition coefficient (Wildman–Crippen LogP) is 0.560. The molecule has 0 atom stereocenters. The van der Waals surface area contributed by atoms with Gasteiger partial charge < -0.3 is 10.3 Å². The third kappa shape index (κ3) is 2.08. The topological polar surface area (TPSA) is 126 Å². The minimum atomic E-state index is -0.508. The smallest absolute Gasteiger partial charge is 0.307 e. The van der Waals surface area contributed by atoms with Crippen LogP contribution in [0.1, 0.15) is 31.0 Å². The van der Waals surface area contributed by atoms with Gasteiger partial charge in [0.2, 0.25) is 5.89 Å². The van der Waals surface area contributed by atoms with E-state index in [0.717, 1.165) is 19.3 Å². The lowest BCUT2D eigenvalue weighted by Gasteiger charge is -2.34. The molecule has 1 fully saturated rings. The summed E-state index contributed by atoms with van der Waals surface area (Å²) >= 11 is 0. The number of rotatable bonds is 4. The van der Waals surface area contributed by atoms with Crippen molar-refractivity contribution in [2.45, 2.75) is 31.3 Å². The van der Waals surface area contributed by atoms with E-state index < -0.39 is 10.5 Å². The Morgan fingerprint density at radius 1 is 1.58 bits per heavy atom. The van der Waals surface area contributed by atoms with Crippen LogP contribution in [-0.4, -0.2) is 24.8 Å². The van der Waals surface area contributed by atoms with Gasteiger partial charge in [-0.1, -0.05) is 5.16 Å². The fourth-order valence-electron chi connectivity index (χ4n) is 1.97. The molecule has 0 saturated heterocycles. The van der Waals surface area contributed by atoms with Gasteiger partial charge in [-0.25, -0.2) is 0 Å². The second-order valence-corrected chi connectivity index (χ2v) is 4.67. The van der Waals surface area contributed by atoms with Gasteiger partial charge in [-0.15, -0.1) is 0 Å². The highest BCUT2D eigenvalue weighted by Gasteiger charge is 2.38. The van der Waals surface area contributed by atoms with Crippen LogP contribution in [0.5, 0.6) is 0 Å². The van der Waals surface area contributed by atoms with Crippen molar-refractivity contribution in [2.24, 2.45) is 5.73 Å². The van der Waals surface area contributed by atoms with E-state index in [9.17, 15) is 10.1 Å². The summed E-state index contributed by atoms with van der Waals surface area (Å²) < 4.78 is 6.46. The molecule has 2 N–H and O–H groups in total. The lowest BCUT2D eigenvalue weighted by Crippen LogP contribution is -2.44. The van der Waals surface area contributed by atoms with Crippen molar-refractivity contribution in [3.05, 3.63) is 34.2 Å². The van der Waals surface area contributed by atoms with E-state index in [1.54, 1.807) is 0 Å². The fraction of sp³-hybridized carbons (Fsp3) is 0.500. The Hall–Kier alpha value is -2.29. The van der Waals surface area contributed by atoms with Gasteiger partial charge in [0.05, 0.1) is 10.5 Å². The highest BCUT2D eigenvalue weighted by molar-refractivity contribution is 5.21. The molecular formula is C10H12N6O3. The standard InChI is InChI=1S/C10H12N6O3/c11-10(2-1-3-10)9-13-8(19-14-9)6-15-5-7(4-12-15)16(17)18/h4-5H,1-3,6,11H2. The van der Waals surface area contributed by atoms with Gasteiger partial charge in [-0.2, -0.15) is 10.1 Å². The van der Waals surface area contributed by atoms with Crippen molar-refractivity contribution < 1.29 is 9.45 Å². The first-order chi connectivity index (χ1) is 9.07. The third-order valence-electron chi connectivity index (χ3n) is 3.29. The van der Waals surface area contributed by atoms with Crippen LogP contribution in [0, 0.1) is 10.1 Å². The Morgan fingerprint density at radius 2 is 2.37 bits per heavy atom. The zero-order valence-electron chi connectivity index (χ0n) is 10.0. The van der Waals surface area contributed by atoms with Crippen LogP contribution in [0.25, 0.3) is 0 Å². The van der Waals surface area contributed by atoms with E-state index >= 15 is 0 Å². The van der Waals surface area contributed by atoms with Crippen LogP contribution in [0.3, 0.4) is 0 Å². The Labute approximate surface area is 107 Å². The largest absolute Gasteiger partial charge is 0.337 e. The molecule has 0 bridgehead atoms. The third-order valence-corrected chi connectivity index (χ3v) is 3.29. The highest BCUT2D eigenvalue weighted by atomic mass is 16.6. The molecule has 0 radical (unpaired) electrons. The maximum atomic E-state index is 10.5. The molecule has 1 aliphatic rings. The van der Waals surface area contributed by atoms with Gasteiger partial charge in [-0.3, -0.25) is 14.8 Å². The molecule has 0 amide bonds. The van der Waals surface area contributed by atoms with E-state index in [1.807, 2.05) is 0 Å². The normalized spacial score (nSPS) is 17.1. The maximum absolute atomic E-state index is 10.5. The zero-order chi connectivity index (χ0) is 13.5. The summed E-state index contributed by atoms with van der Waals surface area (Å²) in [5.74, 6) is 0.833. The van der Waals surface area contributed by atoms with Crippen LogP contribution in [-0.2, 0) is 12.1 Å². The number of nitrogens with zero attached hydrogens (tertiary/aromatic N) is 5. The maximum Gasteiger partial charge on any atom is 0.307 e. The average Bonchev–Trinajstić information content (AvgIpc) is 2.96. The molecule has 9 nitrogen and oxygen atoms in total. The molecule has 0 aromatic carbocycles. The summed E-state index contributed by atoms with van der Waals surface area (Å²) in [6, 6.07) is 0. The first-order valence-electron chi connectivity index (χ1n) is 5.86. The molecule has 2 aromatic heterocycles. The van der Waals surface area contributed by atoms with Gasteiger partial charge in [0, 0.05) is 0 Å². The summed E-state index contributed by atoms with van der Waals surface area (Å²) in [7, 11) is 0. The van der Waals surface area contributed by atoms with Crippen molar-refractivity contribution in [3.8, 4) is 0 Å². The summed E-state index contributed by atoms with van der Waals surface area (Å²) in [6.07, 6.45) is 5.24. The van der Waals surface area contributed by atoms with Crippen LogP contribution in [0.4, 0.5) is 5.69 Å². The van der Waals surface area contributed by atoms with E-state index in [0.29, 0.717) is 11.7 Å². The minimum Gasteiger partial charge on any atom is -0.337 e. The molecule has 0 spiro atoms. The first-order valence-corrected chi connectivity index (χ1v) is 5.86. The second kappa shape index (κ2) is 4.12. The second-order valence-electron chi connectivity index (χ2n) is 4.67. The van der Waals surface area contributed by atoms with Gasteiger partial charge in [-0.05, 0) is 19.3 Å². The minimum absolute atomic E-state index is 0.0750. The Balaban J connectivity index is 1.74. The molecule has 19 heavy (non-hydrogen) atoms. The van der Waals surface area contributed by atoms with Crippen molar-refractivity contribution in [1.82, 2.24) is 19.9 Å². The average molecular weight is 264 g/mol. The number of nitrogens with two attached hydrogens (primary N) is 1. The van der Waals surface area contributed by atoms with Gasteiger partial charge in [0.15, 0.2) is 5.82 Å². The SMILES string of the molecule is NC1(c2noc(Cn3cc([N+](=O)[O-])cn3)n2)CCC1. The highest BCUT2D eigenvalue weighted by Crippen LogP contribution is 2.36. The van der Waals surface area contributed by atoms with Gasteiger partial charge in [0.25, 0.3) is 0 Å². The molecule has 0 aliphatic heterocycles. The van der Waals surface area contributed by atoms with E-state index in [1.165, 1.54) is 17.1 Å². The van der Waals surface area contributed by atoms with Crippen LogP contribution < -0.4 is 5.73 Å². The number of nitro groups is 1. The number of hydrogen-bond acceptors (Lipinski definition) is 7. The van der Waals surface area contributed by atoms with E-state index in [4.69, 9.17) is 10.3 Å². The van der Waals surface area contributed by atoms with Gasteiger partial charge >= 0.3 is 5.69 Å². The quantitative estimate of drug-likeness (QED) is 0.631. The lowest BCUT2D eigenvalue weighted by atomic mass is 9.77. The van der Waals surface area contributed by atoms with Crippen LogP contribution in [0.2, 0.25) is 0 Å². The van der Waals surface area contributed by atoms with E-state index in [2.05, 4.69) is 15.2 Å². The molecule has 2 heterocycles. The zero-order valence-corrected chi connectivity index (χ0v) is 10.0. The molecule has 3 rings (SSSR count). The summed E-state index contributed by atoms with van der Waals surface area (Å²) in [5.41, 5.74) is 5.53. The van der Waals surface area contributed by atoms with Crippen molar-refractivity contribution in [1.29, 1.82) is 0 Å². The molecular weight excluding hydrogens is 252 g/mol. The number of aromatic nitrogens is 4. The predicted molar refractivity (Wildman–Crippen MR) is 62.0 cm³/mol. The van der Waals surface area contributed by atoms with Crippen molar-refractivity contribution in [2.75, 3.05) is 0 Å². The number of hydrogen-bond donors (Lipinski definition) is 1. The van der Waals surface area contributed by atoms with Crippen molar-refractivity contribution in [3.63, 3.8) is 0 Å². The van der Waals surface area contributed by atoms with Crippen LogP contribution in [0.15, 0.2) is 16.9 Å².